The van der Waals surface area contributed by atoms with E-state index in [1.165, 1.54) is 57.4 Å². The largest absolute Gasteiger partial charge is 0.477 e. The second-order valence-corrected chi connectivity index (χ2v) is 12.7. The summed E-state index contributed by atoms with van der Waals surface area (Å²) in [6, 6.07) is 5.16. The van der Waals surface area contributed by atoms with Crippen LogP contribution in [0.15, 0.2) is 27.6 Å². The summed E-state index contributed by atoms with van der Waals surface area (Å²) in [6.45, 7) is 0.261. The van der Waals surface area contributed by atoms with Gasteiger partial charge < -0.3 is 19.7 Å². The Labute approximate surface area is 221 Å². The molecule has 0 aliphatic heterocycles. The second kappa shape index (κ2) is 10.7. The summed E-state index contributed by atoms with van der Waals surface area (Å²) < 4.78 is 11.6. The third-order valence-electron chi connectivity index (χ3n) is 8.81. The van der Waals surface area contributed by atoms with Crippen molar-refractivity contribution in [2.45, 2.75) is 86.8 Å². The highest BCUT2D eigenvalue weighted by molar-refractivity contribution is 8.00. The molecule has 5 saturated carbocycles. The molecular weight excluding hydrogens is 490 g/mol. The fourth-order valence-electron chi connectivity index (χ4n) is 7.33. The number of carbonyl (C=O) groups excluding carboxylic acids is 1. The fraction of sp³-hybridized carbons (Fsp3) is 0.643. The summed E-state index contributed by atoms with van der Waals surface area (Å²) in [5, 5.41) is 17.1. The standard InChI is InChI=1S/C28H35N3O5S/c32-26(30-23-18-12-16-11-17(14-18)15-19(23)13-16)24-25(37-21-6-2-1-3-7-21)27(31-36-24)35-10-9-20-5-4-8-22(29-20)28(33)34/h4-5,8,16-19,21,23H,1-3,6-7,9-15H2,(H,30,32)(H,33,34). The molecule has 0 saturated heterocycles. The monoisotopic (exact) mass is 525 g/mol. The molecule has 5 aliphatic rings. The molecule has 198 valence electrons. The van der Waals surface area contributed by atoms with Gasteiger partial charge in [0.1, 0.15) is 10.6 Å². The van der Waals surface area contributed by atoms with Crippen LogP contribution in [0.3, 0.4) is 0 Å². The van der Waals surface area contributed by atoms with Crippen LogP contribution in [0.2, 0.25) is 0 Å². The number of amides is 1. The van der Waals surface area contributed by atoms with Gasteiger partial charge in [-0.05, 0) is 85.9 Å². The zero-order chi connectivity index (χ0) is 25.4. The maximum Gasteiger partial charge on any atom is 0.354 e. The van der Waals surface area contributed by atoms with E-state index >= 15 is 0 Å². The summed E-state index contributed by atoms with van der Waals surface area (Å²) in [5.74, 6) is 2.26. The normalized spacial score (nSPS) is 28.8. The van der Waals surface area contributed by atoms with Gasteiger partial charge >= 0.3 is 5.97 Å². The smallest absolute Gasteiger partial charge is 0.354 e. The number of hydrogen-bond acceptors (Lipinski definition) is 7. The number of aromatic nitrogens is 2. The first-order valence-electron chi connectivity index (χ1n) is 13.8. The van der Waals surface area contributed by atoms with Gasteiger partial charge in [0.2, 0.25) is 5.76 Å². The number of nitrogens with one attached hydrogen (secondary N) is 1. The number of rotatable bonds is 9. The molecule has 2 N–H and O–H groups in total. The predicted molar refractivity (Wildman–Crippen MR) is 138 cm³/mol. The lowest BCUT2D eigenvalue weighted by molar-refractivity contribution is -0.0124. The lowest BCUT2D eigenvalue weighted by Crippen LogP contribution is -2.55. The number of thioether (sulfide) groups is 1. The van der Waals surface area contributed by atoms with Crippen LogP contribution >= 0.6 is 11.8 Å². The summed E-state index contributed by atoms with van der Waals surface area (Å²) in [7, 11) is 0. The van der Waals surface area contributed by atoms with Crippen LogP contribution in [0.5, 0.6) is 5.88 Å². The number of carboxylic acids is 1. The zero-order valence-corrected chi connectivity index (χ0v) is 21.9. The van der Waals surface area contributed by atoms with Crippen LogP contribution in [0.25, 0.3) is 0 Å². The summed E-state index contributed by atoms with van der Waals surface area (Å²) >= 11 is 1.66. The minimum absolute atomic E-state index is 0.0104. The number of hydrogen-bond donors (Lipinski definition) is 2. The van der Waals surface area contributed by atoms with Crippen molar-refractivity contribution in [2.24, 2.45) is 23.7 Å². The molecule has 9 heteroatoms. The summed E-state index contributed by atoms with van der Waals surface area (Å²) in [4.78, 5) is 29.6. The number of ether oxygens (including phenoxy) is 1. The van der Waals surface area contributed by atoms with Gasteiger partial charge in [-0.25, -0.2) is 9.78 Å². The zero-order valence-electron chi connectivity index (χ0n) is 21.1. The van der Waals surface area contributed by atoms with E-state index in [9.17, 15) is 14.7 Å². The predicted octanol–water partition coefficient (Wildman–Crippen LogP) is 5.37. The molecule has 5 aliphatic carbocycles. The molecule has 0 unspecified atom stereocenters. The van der Waals surface area contributed by atoms with Crippen LogP contribution < -0.4 is 10.1 Å². The van der Waals surface area contributed by atoms with Gasteiger partial charge in [0.15, 0.2) is 0 Å². The Morgan fingerprint density at radius 1 is 1.05 bits per heavy atom. The van der Waals surface area contributed by atoms with E-state index < -0.39 is 5.97 Å². The Morgan fingerprint density at radius 3 is 2.49 bits per heavy atom. The molecule has 0 radical (unpaired) electrons. The fourth-order valence-corrected chi connectivity index (χ4v) is 8.66. The lowest BCUT2D eigenvalue weighted by Gasteiger charge is -2.54. The quantitative estimate of drug-likeness (QED) is 0.449. The van der Waals surface area contributed by atoms with Crippen LogP contribution in [0, 0.1) is 23.7 Å². The molecule has 0 aromatic carbocycles. The van der Waals surface area contributed by atoms with Crippen LogP contribution in [-0.2, 0) is 6.42 Å². The van der Waals surface area contributed by atoms with E-state index in [4.69, 9.17) is 9.26 Å². The first-order valence-corrected chi connectivity index (χ1v) is 14.7. The summed E-state index contributed by atoms with van der Waals surface area (Å²) in [5.41, 5.74) is 0.640. The SMILES string of the molecule is O=C(O)c1cccc(CCOc2noc(C(=O)NC3C4CC5CC(C4)CC3C5)c2SC2CCCCC2)n1. The molecule has 2 aromatic rings. The van der Waals surface area contributed by atoms with Gasteiger partial charge in [-0.2, -0.15) is 0 Å². The Hall–Kier alpha value is -2.55. The first kappa shape index (κ1) is 24.8. The van der Waals surface area contributed by atoms with Gasteiger partial charge in [0, 0.05) is 23.4 Å². The molecular formula is C28H35N3O5S. The Kier molecular flexibility index (Phi) is 7.14. The van der Waals surface area contributed by atoms with Crippen LogP contribution in [-0.4, -0.2) is 45.0 Å². The van der Waals surface area contributed by atoms with Crippen molar-refractivity contribution in [3.63, 3.8) is 0 Å². The molecule has 4 bridgehead atoms. The minimum atomic E-state index is -1.06. The average molecular weight is 526 g/mol. The average Bonchev–Trinajstić information content (AvgIpc) is 3.28. The van der Waals surface area contributed by atoms with Crippen molar-refractivity contribution in [3.8, 4) is 5.88 Å². The first-order chi connectivity index (χ1) is 18.0. The number of nitrogens with zero attached hydrogens (tertiary/aromatic N) is 2. The van der Waals surface area contributed by atoms with E-state index in [2.05, 4.69) is 15.5 Å². The highest BCUT2D eigenvalue weighted by atomic mass is 32.2. The third-order valence-corrected chi connectivity index (χ3v) is 10.2. The topological polar surface area (TPSA) is 115 Å². The Bertz CT molecular complexity index is 1120. The molecule has 37 heavy (non-hydrogen) atoms. The van der Waals surface area contributed by atoms with Gasteiger partial charge in [-0.3, -0.25) is 4.79 Å². The lowest BCUT2D eigenvalue weighted by atomic mass is 9.54. The minimum Gasteiger partial charge on any atom is -0.477 e. The number of pyridine rings is 1. The van der Waals surface area contributed by atoms with E-state index in [0.717, 1.165) is 24.7 Å². The van der Waals surface area contributed by atoms with E-state index in [1.54, 1.807) is 23.9 Å². The molecule has 2 heterocycles. The van der Waals surface area contributed by atoms with E-state index in [1.807, 2.05) is 0 Å². The Balaban J connectivity index is 1.16. The Morgan fingerprint density at radius 2 is 1.78 bits per heavy atom. The van der Waals surface area contributed by atoms with E-state index in [-0.39, 0.29) is 30.0 Å². The van der Waals surface area contributed by atoms with Crippen molar-refractivity contribution in [1.82, 2.24) is 15.5 Å². The second-order valence-electron chi connectivity index (χ2n) is 11.4. The van der Waals surface area contributed by atoms with Crippen LogP contribution in [0.1, 0.15) is 90.9 Å². The molecule has 5 fully saturated rings. The van der Waals surface area contributed by atoms with Crippen molar-refractivity contribution in [1.29, 1.82) is 0 Å². The highest BCUT2D eigenvalue weighted by Gasteiger charge is 2.49. The van der Waals surface area contributed by atoms with Gasteiger partial charge in [0.05, 0.1) is 6.61 Å². The molecule has 2 aromatic heterocycles. The number of carbonyl (C=O) groups is 2. The van der Waals surface area contributed by atoms with Gasteiger partial charge in [-0.1, -0.05) is 25.3 Å². The molecule has 0 spiro atoms. The van der Waals surface area contributed by atoms with Crippen molar-refractivity contribution >= 4 is 23.6 Å². The third kappa shape index (κ3) is 5.38. The summed E-state index contributed by atoms with van der Waals surface area (Å²) in [6.07, 6.45) is 12.6. The van der Waals surface area contributed by atoms with Crippen LogP contribution in [0.4, 0.5) is 0 Å². The number of aromatic carboxylic acids is 1. The maximum atomic E-state index is 13.5. The number of carboxylic acid groups (broad SMARTS) is 1. The maximum absolute atomic E-state index is 13.5. The highest BCUT2D eigenvalue weighted by Crippen LogP contribution is 2.53. The van der Waals surface area contributed by atoms with Crippen molar-refractivity contribution in [2.75, 3.05) is 6.61 Å². The molecule has 0 atom stereocenters. The molecule has 8 nitrogen and oxygen atoms in total. The van der Waals surface area contributed by atoms with Gasteiger partial charge in [0.25, 0.3) is 11.8 Å². The van der Waals surface area contributed by atoms with Crippen molar-refractivity contribution in [3.05, 3.63) is 35.3 Å². The molecule has 1 amide bonds. The van der Waals surface area contributed by atoms with Crippen molar-refractivity contribution < 1.29 is 24.0 Å². The van der Waals surface area contributed by atoms with Gasteiger partial charge in [-0.15, -0.1) is 11.8 Å². The molecule has 7 rings (SSSR count). The van der Waals surface area contributed by atoms with E-state index in [0.29, 0.717) is 40.0 Å².